The molecule has 2 aromatic rings. The van der Waals surface area contributed by atoms with E-state index in [1.807, 2.05) is 0 Å². The number of hydrogen-bond donors (Lipinski definition) is 0. The molecule has 4 nitrogen and oxygen atoms in total. The molecule has 0 radical (unpaired) electrons. The molecule has 0 aliphatic carbocycles. The molecule has 2 aromatic heterocycles. The summed E-state index contributed by atoms with van der Waals surface area (Å²) in [4.78, 5) is 12.2. The molecule has 0 spiro atoms. The van der Waals surface area contributed by atoms with E-state index in [1.165, 1.54) is 12.7 Å². The minimum absolute atomic E-state index is 0.772. The van der Waals surface area contributed by atoms with E-state index < -0.39 is 0 Å². The Balaban J connectivity index is 2.23. The van der Waals surface area contributed by atoms with E-state index in [1.54, 1.807) is 17.1 Å². The molecule has 4 heteroatoms. The first-order chi connectivity index (χ1) is 7.42. The number of unbranched alkanes of at least 4 members (excludes halogenated alkanes) is 2. The molecule has 0 fully saturated rings. The predicted molar refractivity (Wildman–Crippen MR) is 58.0 cm³/mol. The summed E-state index contributed by atoms with van der Waals surface area (Å²) in [7, 11) is 0. The van der Waals surface area contributed by atoms with E-state index in [0.29, 0.717) is 0 Å². The van der Waals surface area contributed by atoms with Crippen LogP contribution in [0.5, 0.6) is 0 Å². The Labute approximate surface area is 88.4 Å². The van der Waals surface area contributed by atoms with Crippen molar-refractivity contribution < 1.29 is 0 Å². The van der Waals surface area contributed by atoms with E-state index in [0.717, 1.165) is 24.0 Å². The van der Waals surface area contributed by atoms with Crippen molar-refractivity contribution in [2.75, 3.05) is 0 Å². The SMILES string of the molecule is CCCCC#Cn1cnc2cncnc21. The lowest BCUT2D eigenvalue weighted by Gasteiger charge is -1.90. The van der Waals surface area contributed by atoms with Gasteiger partial charge in [0.05, 0.1) is 6.20 Å². The average Bonchev–Trinajstić information content (AvgIpc) is 2.68. The molecule has 0 amide bonds. The lowest BCUT2D eigenvalue weighted by Crippen LogP contribution is -1.88. The van der Waals surface area contributed by atoms with Crippen LogP contribution in [0.4, 0.5) is 0 Å². The molecular weight excluding hydrogens is 188 g/mol. The highest BCUT2D eigenvalue weighted by molar-refractivity contribution is 5.69. The first kappa shape index (κ1) is 9.66. The van der Waals surface area contributed by atoms with Crippen LogP contribution in [0.2, 0.25) is 0 Å². The van der Waals surface area contributed by atoms with Crippen LogP contribution >= 0.6 is 0 Å². The Bertz CT molecular complexity index is 504. The maximum atomic E-state index is 4.15. The second-order valence-corrected chi connectivity index (χ2v) is 3.24. The van der Waals surface area contributed by atoms with Gasteiger partial charge < -0.3 is 0 Å². The molecule has 2 heterocycles. The molecular formula is C11H12N4. The van der Waals surface area contributed by atoms with Gasteiger partial charge in [0.15, 0.2) is 5.65 Å². The standard InChI is InChI=1S/C11H12N4/c1-2-3-4-5-6-15-9-14-10-7-12-8-13-11(10)15/h7-9H,2-4H2,1H3. The maximum absolute atomic E-state index is 4.15. The first-order valence-corrected chi connectivity index (χ1v) is 5.03. The predicted octanol–water partition coefficient (Wildman–Crippen LogP) is 1.83. The summed E-state index contributed by atoms with van der Waals surface area (Å²) in [6.45, 7) is 2.15. The topological polar surface area (TPSA) is 43.6 Å². The molecule has 0 N–H and O–H groups in total. The highest BCUT2D eigenvalue weighted by Gasteiger charge is 1.99. The van der Waals surface area contributed by atoms with Crippen molar-refractivity contribution >= 4 is 11.2 Å². The maximum Gasteiger partial charge on any atom is 0.175 e. The normalized spacial score (nSPS) is 9.93. The zero-order valence-corrected chi connectivity index (χ0v) is 8.64. The fourth-order valence-corrected chi connectivity index (χ4v) is 1.26. The summed E-state index contributed by atoms with van der Waals surface area (Å²) in [6.07, 6.45) is 8.09. The third-order valence-electron chi connectivity index (χ3n) is 2.07. The van der Waals surface area contributed by atoms with Crippen molar-refractivity contribution in [3.8, 4) is 12.0 Å². The minimum Gasteiger partial charge on any atom is -0.242 e. The molecule has 2 rings (SSSR count). The highest BCUT2D eigenvalue weighted by Crippen LogP contribution is 2.05. The van der Waals surface area contributed by atoms with E-state index in [2.05, 4.69) is 33.8 Å². The average molecular weight is 200 g/mol. The quantitative estimate of drug-likeness (QED) is 0.548. The lowest BCUT2D eigenvalue weighted by atomic mass is 10.3. The zero-order chi connectivity index (χ0) is 10.5. The highest BCUT2D eigenvalue weighted by atomic mass is 15.1. The number of fused-ring (bicyclic) bond motifs is 1. The number of aromatic nitrogens is 4. The van der Waals surface area contributed by atoms with Gasteiger partial charge in [0.25, 0.3) is 0 Å². The molecule has 76 valence electrons. The van der Waals surface area contributed by atoms with Crippen LogP contribution in [0, 0.1) is 12.0 Å². The van der Waals surface area contributed by atoms with Crippen molar-refractivity contribution in [1.29, 1.82) is 0 Å². The largest absolute Gasteiger partial charge is 0.242 e. The number of hydrogen-bond acceptors (Lipinski definition) is 3. The zero-order valence-electron chi connectivity index (χ0n) is 8.64. The molecule has 15 heavy (non-hydrogen) atoms. The second kappa shape index (κ2) is 4.56. The van der Waals surface area contributed by atoms with Gasteiger partial charge in [-0.05, 0) is 6.42 Å². The van der Waals surface area contributed by atoms with Gasteiger partial charge in [0.2, 0.25) is 0 Å². The van der Waals surface area contributed by atoms with Crippen LogP contribution < -0.4 is 0 Å². The molecule has 0 aliphatic rings. The molecule has 0 aliphatic heterocycles. The Morgan fingerprint density at radius 2 is 2.33 bits per heavy atom. The van der Waals surface area contributed by atoms with Gasteiger partial charge in [-0.25, -0.2) is 19.5 Å². The van der Waals surface area contributed by atoms with Crippen molar-refractivity contribution in [3.05, 3.63) is 18.9 Å². The van der Waals surface area contributed by atoms with E-state index in [4.69, 9.17) is 0 Å². The van der Waals surface area contributed by atoms with Gasteiger partial charge in [-0.3, -0.25) is 0 Å². The van der Waals surface area contributed by atoms with Crippen LogP contribution in [0.1, 0.15) is 26.2 Å². The summed E-state index contributed by atoms with van der Waals surface area (Å²) in [5.74, 6) is 3.09. The van der Waals surface area contributed by atoms with Gasteiger partial charge in [-0.1, -0.05) is 19.3 Å². The minimum atomic E-state index is 0.772. The fraction of sp³-hybridized carbons (Fsp3) is 0.364. The van der Waals surface area contributed by atoms with E-state index >= 15 is 0 Å². The summed E-state index contributed by atoms with van der Waals surface area (Å²) in [5, 5.41) is 0. The van der Waals surface area contributed by atoms with Crippen LogP contribution in [-0.2, 0) is 0 Å². The molecule has 0 aromatic carbocycles. The van der Waals surface area contributed by atoms with Gasteiger partial charge in [0.1, 0.15) is 18.2 Å². The van der Waals surface area contributed by atoms with Crippen LogP contribution in [0.15, 0.2) is 18.9 Å². The third-order valence-corrected chi connectivity index (χ3v) is 2.07. The van der Waals surface area contributed by atoms with Gasteiger partial charge in [-0.15, -0.1) is 0 Å². The molecule has 0 bridgehead atoms. The number of imidazole rings is 1. The Kier molecular flexibility index (Phi) is 2.93. The van der Waals surface area contributed by atoms with Crippen molar-refractivity contribution in [1.82, 2.24) is 19.5 Å². The lowest BCUT2D eigenvalue weighted by molar-refractivity contribution is 0.827. The third kappa shape index (κ3) is 2.13. The number of nitrogens with zero attached hydrogens (tertiary/aromatic N) is 4. The van der Waals surface area contributed by atoms with E-state index in [-0.39, 0.29) is 0 Å². The van der Waals surface area contributed by atoms with Crippen molar-refractivity contribution in [3.63, 3.8) is 0 Å². The van der Waals surface area contributed by atoms with Crippen molar-refractivity contribution in [2.24, 2.45) is 0 Å². The van der Waals surface area contributed by atoms with Crippen LogP contribution in [-0.4, -0.2) is 19.5 Å². The first-order valence-electron chi connectivity index (χ1n) is 5.03. The van der Waals surface area contributed by atoms with Gasteiger partial charge in [-0.2, -0.15) is 0 Å². The monoisotopic (exact) mass is 200 g/mol. The van der Waals surface area contributed by atoms with Crippen LogP contribution in [0.25, 0.3) is 11.2 Å². The summed E-state index contributed by atoms with van der Waals surface area (Å²) < 4.78 is 1.74. The summed E-state index contributed by atoms with van der Waals surface area (Å²) >= 11 is 0. The van der Waals surface area contributed by atoms with Crippen LogP contribution in [0.3, 0.4) is 0 Å². The molecule has 0 unspecified atom stereocenters. The molecule has 0 saturated carbocycles. The Morgan fingerprint density at radius 3 is 3.20 bits per heavy atom. The second-order valence-electron chi connectivity index (χ2n) is 3.24. The fourth-order valence-electron chi connectivity index (χ4n) is 1.26. The smallest absolute Gasteiger partial charge is 0.175 e. The molecule has 0 atom stereocenters. The van der Waals surface area contributed by atoms with Crippen molar-refractivity contribution in [2.45, 2.75) is 26.2 Å². The summed E-state index contributed by atoms with van der Waals surface area (Å²) in [5.41, 5.74) is 1.55. The Morgan fingerprint density at radius 1 is 1.40 bits per heavy atom. The van der Waals surface area contributed by atoms with Gasteiger partial charge >= 0.3 is 0 Å². The van der Waals surface area contributed by atoms with Gasteiger partial charge in [0, 0.05) is 12.5 Å². The summed E-state index contributed by atoms with van der Waals surface area (Å²) in [6, 6.07) is 3.02. The number of rotatable bonds is 2. The molecule has 0 saturated heterocycles. The Hall–Kier alpha value is -1.89. The van der Waals surface area contributed by atoms with E-state index in [9.17, 15) is 0 Å².